The highest BCUT2D eigenvalue weighted by atomic mass is 79.9. The van der Waals surface area contributed by atoms with Crippen LogP contribution in [0.2, 0.25) is 0 Å². The second-order valence-electron chi connectivity index (χ2n) is 5.86. The number of nitrogens with zero attached hydrogens (tertiary/aromatic N) is 1. The molecule has 5 heteroatoms. The van der Waals surface area contributed by atoms with E-state index in [1.165, 1.54) is 5.56 Å². The molecule has 0 amide bonds. The Bertz CT molecular complexity index is 511. The summed E-state index contributed by atoms with van der Waals surface area (Å²) < 4.78 is 2.11. The normalized spacial score (nSPS) is 18.6. The van der Waals surface area contributed by atoms with Gasteiger partial charge in [0.2, 0.25) is 0 Å². The third-order valence-electron chi connectivity index (χ3n) is 4.39. The zero-order valence-electron chi connectivity index (χ0n) is 12.2. The predicted octanol–water partition coefficient (Wildman–Crippen LogP) is 4.68. The minimum absolute atomic E-state index is 0.494. The van der Waals surface area contributed by atoms with Crippen molar-refractivity contribution < 1.29 is 9.90 Å². The summed E-state index contributed by atoms with van der Waals surface area (Å²) in [6, 6.07) is 6.27. The van der Waals surface area contributed by atoms with E-state index in [0.717, 1.165) is 54.3 Å². The molecule has 1 aliphatic rings. The number of hydrogen-bond acceptors (Lipinski definition) is 2. The molecule has 0 atom stereocenters. The average molecular weight is 419 g/mol. The molecule has 3 nitrogen and oxygen atoms in total. The Morgan fingerprint density at radius 1 is 1.29 bits per heavy atom. The first-order chi connectivity index (χ1) is 9.97. The lowest BCUT2D eigenvalue weighted by Crippen LogP contribution is -2.44. The highest BCUT2D eigenvalue weighted by molar-refractivity contribution is 9.13. The minimum atomic E-state index is -0.615. The first-order valence-corrected chi connectivity index (χ1v) is 8.95. The van der Waals surface area contributed by atoms with E-state index in [-0.39, 0.29) is 0 Å². The summed E-state index contributed by atoms with van der Waals surface area (Å²) in [5.41, 5.74) is 0.759. The van der Waals surface area contributed by atoms with Crippen LogP contribution >= 0.6 is 31.9 Å². The number of piperidine rings is 1. The van der Waals surface area contributed by atoms with Gasteiger partial charge in [-0.25, -0.2) is 0 Å². The number of benzene rings is 1. The summed E-state index contributed by atoms with van der Waals surface area (Å²) in [5, 5.41) is 9.53. The summed E-state index contributed by atoms with van der Waals surface area (Å²) in [4.78, 5) is 13.9. The van der Waals surface area contributed by atoms with Crippen molar-refractivity contribution in [1.29, 1.82) is 0 Å². The van der Waals surface area contributed by atoms with Crippen LogP contribution in [0.3, 0.4) is 0 Å². The maximum atomic E-state index is 11.6. The molecule has 1 fully saturated rings. The van der Waals surface area contributed by atoms with Crippen LogP contribution in [0.15, 0.2) is 27.1 Å². The Morgan fingerprint density at radius 2 is 1.95 bits per heavy atom. The molecule has 0 spiro atoms. The van der Waals surface area contributed by atoms with E-state index in [2.05, 4.69) is 55.8 Å². The number of aliphatic carboxylic acids is 1. The fourth-order valence-corrected chi connectivity index (χ4v) is 3.76. The van der Waals surface area contributed by atoms with Gasteiger partial charge in [0, 0.05) is 15.5 Å². The van der Waals surface area contributed by atoms with Crippen molar-refractivity contribution in [2.45, 2.75) is 39.2 Å². The van der Waals surface area contributed by atoms with Crippen molar-refractivity contribution >= 4 is 37.8 Å². The van der Waals surface area contributed by atoms with Crippen LogP contribution < -0.4 is 0 Å². The zero-order valence-corrected chi connectivity index (χ0v) is 15.4. The highest BCUT2D eigenvalue weighted by Crippen LogP contribution is 2.37. The first kappa shape index (κ1) is 17.0. The fraction of sp³-hybridized carbons (Fsp3) is 0.562. The molecule has 0 bridgehead atoms. The molecule has 1 heterocycles. The summed E-state index contributed by atoms with van der Waals surface area (Å²) >= 11 is 7.00. The van der Waals surface area contributed by atoms with Gasteiger partial charge in [0.25, 0.3) is 0 Å². The van der Waals surface area contributed by atoms with Crippen molar-refractivity contribution in [3.8, 4) is 0 Å². The van der Waals surface area contributed by atoms with E-state index >= 15 is 0 Å². The highest BCUT2D eigenvalue weighted by Gasteiger charge is 2.40. The van der Waals surface area contributed by atoms with Gasteiger partial charge in [0.05, 0.1) is 5.41 Å². The molecule has 0 saturated carbocycles. The van der Waals surface area contributed by atoms with Crippen molar-refractivity contribution in [1.82, 2.24) is 4.90 Å². The molecule has 0 unspecified atom stereocenters. The molecular weight excluding hydrogens is 398 g/mol. The van der Waals surface area contributed by atoms with E-state index in [1.54, 1.807) is 0 Å². The summed E-state index contributed by atoms with van der Waals surface area (Å²) in [6.45, 7) is 4.67. The van der Waals surface area contributed by atoms with Gasteiger partial charge in [-0.2, -0.15) is 0 Å². The summed E-state index contributed by atoms with van der Waals surface area (Å²) in [6.07, 6.45) is 3.24. The van der Waals surface area contributed by atoms with Crippen LogP contribution in [-0.2, 0) is 11.3 Å². The van der Waals surface area contributed by atoms with E-state index < -0.39 is 11.4 Å². The molecule has 1 aromatic rings. The molecule has 0 radical (unpaired) electrons. The molecule has 1 aromatic carbocycles. The second-order valence-corrected chi connectivity index (χ2v) is 7.57. The quantitative estimate of drug-likeness (QED) is 0.754. The second kappa shape index (κ2) is 7.25. The SMILES string of the molecule is CCCC1(C(=O)O)CCN(Cc2ccc(Br)c(Br)c2)CC1. The molecular formula is C16H21Br2NO2. The smallest absolute Gasteiger partial charge is 0.309 e. The number of halogens is 2. The number of carboxylic acid groups (broad SMARTS) is 1. The van der Waals surface area contributed by atoms with Crippen molar-refractivity contribution in [2.75, 3.05) is 13.1 Å². The number of hydrogen-bond donors (Lipinski definition) is 1. The molecule has 1 N–H and O–H groups in total. The molecule has 0 aromatic heterocycles. The zero-order chi connectivity index (χ0) is 15.5. The van der Waals surface area contributed by atoms with E-state index in [1.807, 2.05) is 6.07 Å². The fourth-order valence-electron chi connectivity index (χ4n) is 3.08. The Labute approximate surface area is 143 Å². The maximum Gasteiger partial charge on any atom is 0.309 e. The third-order valence-corrected chi connectivity index (χ3v) is 6.27. The lowest BCUT2D eigenvalue weighted by Gasteiger charge is -2.38. The van der Waals surface area contributed by atoms with Crippen molar-refractivity contribution in [3.05, 3.63) is 32.7 Å². The van der Waals surface area contributed by atoms with Crippen LogP contribution in [0, 0.1) is 5.41 Å². The van der Waals surface area contributed by atoms with Crippen LogP contribution in [-0.4, -0.2) is 29.1 Å². The molecule has 116 valence electrons. The lowest BCUT2D eigenvalue weighted by molar-refractivity contribution is -0.152. The number of carbonyl (C=O) groups is 1. The largest absolute Gasteiger partial charge is 0.481 e. The standard InChI is InChI=1S/C16H21Br2NO2/c1-2-5-16(15(20)21)6-8-19(9-7-16)11-12-3-4-13(17)14(18)10-12/h3-4,10H,2,5-9,11H2,1H3,(H,20,21). The van der Waals surface area contributed by atoms with E-state index in [9.17, 15) is 9.90 Å². The van der Waals surface area contributed by atoms with Gasteiger partial charge in [-0.05, 0) is 81.9 Å². The third kappa shape index (κ3) is 4.08. The first-order valence-electron chi connectivity index (χ1n) is 7.36. The van der Waals surface area contributed by atoms with Crippen molar-refractivity contribution in [3.63, 3.8) is 0 Å². The van der Waals surface area contributed by atoms with Crippen LogP contribution in [0.5, 0.6) is 0 Å². The van der Waals surface area contributed by atoms with E-state index in [0.29, 0.717) is 0 Å². The molecule has 0 aliphatic carbocycles. The Hall–Kier alpha value is -0.390. The van der Waals surface area contributed by atoms with Crippen LogP contribution in [0.1, 0.15) is 38.2 Å². The van der Waals surface area contributed by atoms with Gasteiger partial charge in [0.1, 0.15) is 0 Å². The Kier molecular flexibility index (Phi) is 5.86. The topological polar surface area (TPSA) is 40.5 Å². The van der Waals surface area contributed by atoms with Gasteiger partial charge in [-0.1, -0.05) is 19.4 Å². The monoisotopic (exact) mass is 417 g/mol. The van der Waals surface area contributed by atoms with Gasteiger partial charge in [0.15, 0.2) is 0 Å². The molecule has 2 rings (SSSR count). The van der Waals surface area contributed by atoms with Gasteiger partial charge in [-0.3, -0.25) is 9.69 Å². The average Bonchev–Trinajstić information content (AvgIpc) is 2.45. The molecule has 1 saturated heterocycles. The van der Waals surface area contributed by atoms with Gasteiger partial charge in [-0.15, -0.1) is 0 Å². The predicted molar refractivity (Wildman–Crippen MR) is 91.3 cm³/mol. The van der Waals surface area contributed by atoms with E-state index in [4.69, 9.17) is 0 Å². The van der Waals surface area contributed by atoms with Gasteiger partial charge < -0.3 is 5.11 Å². The molecule has 21 heavy (non-hydrogen) atoms. The van der Waals surface area contributed by atoms with Gasteiger partial charge >= 0.3 is 5.97 Å². The maximum absolute atomic E-state index is 11.6. The van der Waals surface area contributed by atoms with Crippen LogP contribution in [0.25, 0.3) is 0 Å². The number of rotatable bonds is 5. The summed E-state index contributed by atoms with van der Waals surface area (Å²) in [7, 11) is 0. The molecule has 1 aliphatic heterocycles. The Balaban J connectivity index is 1.97. The summed E-state index contributed by atoms with van der Waals surface area (Å²) in [5.74, 6) is -0.615. The van der Waals surface area contributed by atoms with Crippen LogP contribution in [0.4, 0.5) is 0 Å². The number of carboxylic acids is 1. The Morgan fingerprint density at radius 3 is 2.48 bits per heavy atom. The number of likely N-dealkylation sites (tertiary alicyclic amines) is 1. The van der Waals surface area contributed by atoms with Crippen molar-refractivity contribution in [2.24, 2.45) is 5.41 Å². The minimum Gasteiger partial charge on any atom is -0.481 e. The lowest BCUT2D eigenvalue weighted by atomic mass is 9.75.